The van der Waals surface area contributed by atoms with Crippen molar-refractivity contribution in [1.82, 2.24) is 0 Å². The molecule has 0 aliphatic rings. The second-order valence-corrected chi connectivity index (χ2v) is 16.0. The first-order chi connectivity index (χ1) is 28.0. The van der Waals surface area contributed by atoms with Crippen molar-refractivity contribution in [2.24, 2.45) is 0 Å². The molecule has 57 heavy (non-hydrogen) atoms. The number of esters is 3. The summed E-state index contributed by atoms with van der Waals surface area (Å²) in [5.41, 5.74) is 0. The molecule has 0 aromatic rings. The maximum absolute atomic E-state index is 12.7. The molecular weight excluding hydrogens is 709 g/mol. The molecule has 0 saturated heterocycles. The molecule has 6 nitrogen and oxygen atoms in total. The van der Waals surface area contributed by atoms with Gasteiger partial charge >= 0.3 is 17.9 Å². The van der Waals surface area contributed by atoms with E-state index in [9.17, 15) is 14.4 Å². The average molecular weight is 799 g/mol. The number of carbonyl (C=O) groups excluding carboxylic acids is 3. The molecule has 0 aliphatic carbocycles. The highest BCUT2D eigenvalue weighted by atomic mass is 16.6. The van der Waals surface area contributed by atoms with Gasteiger partial charge in [0.05, 0.1) is 0 Å². The molecule has 1 atom stereocenters. The van der Waals surface area contributed by atoms with Crippen molar-refractivity contribution >= 4 is 17.9 Å². The van der Waals surface area contributed by atoms with E-state index < -0.39 is 6.10 Å². The highest BCUT2D eigenvalue weighted by Gasteiger charge is 2.19. The Hall–Kier alpha value is -2.63. The van der Waals surface area contributed by atoms with Gasteiger partial charge in [-0.3, -0.25) is 14.4 Å². The summed E-state index contributed by atoms with van der Waals surface area (Å²) < 4.78 is 16.7. The number of allylic oxidation sites excluding steroid dienone is 8. The molecule has 0 heterocycles. The van der Waals surface area contributed by atoms with Crippen LogP contribution in [0.25, 0.3) is 0 Å². The minimum Gasteiger partial charge on any atom is -0.462 e. The molecular formula is C51H90O6. The first kappa shape index (κ1) is 54.4. The zero-order chi connectivity index (χ0) is 41.5. The van der Waals surface area contributed by atoms with Crippen molar-refractivity contribution < 1.29 is 28.6 Å². The van der Waals surface area contributed by atoms with Crippen molar-refractivity contribution in [2.75, 3.05) is 13.2 Å². The molecule has 0 radical (unpaired) electrons. The fourth-order valence-corrected chi connectivity index (χ4v) is 6.61. The third kappa shape index (κ3) is 44.3. The molecule has 0 aromatic heterocycles. The molecule has 0 amide bonds. The van der Waals surface area contributed by atoms with Crippen LogP contribution in [0.2, 0.25) is 0 Å². The molecule has 0 spiro atoms. The first-order valence-corrected chi connectivity index (χ1v) is 24.1. The maximum Gasteiger partial charge on any atom is 0.306 e. The summed E-state index contributed by atoms with van der Waals surface area (Å²) >= 11 is 0. The minimum absolute atomic E-state index is 0.0880. The van der Waals surface area contributed by atoms with Crippen LogP contribution in [0.15, 0.2) is 48.6 Å². The van der Waals surface area contributed by atoms with E-state index in [1.54, 1.807) is 0 Å². The Labute approximate surface area is 352 Å². The summed E-state index contributed by atoms with van der Waals surface area (Å²) in [5.74, 6) is -0.934. The van der Waals surface area contributed by atoms with Crippen LogP contribution in [-0.4, -0.2) is 37.2 Å². The van der Waals surface area contributed by atoms with E-state index in [-0.39, 0.29) is 31.1 Å². The Kier molecular flexibility index (Phi) is 43.9. The summed E-state index contributed by atoms with van der Waals surface area (Å²) in [6, 6.07) is 0. The summed E-state index contributed by atoms with van der Waals surface area (Å²) in [5, 5.41) is 0. The second-order valence-electron chi connectivity index (χ2n) is 16.0. The Balaban J connectivity index is 4.43. The van der Waals surface area contributed by atoms with E-state index in [1.807, 2.05) is 0 Å². The predicted molar refractivity (Wildman–Crippen MR) is 242 cm³/mol. The van der Waals surface area contributed by atoms with E-state index >= 15 is 0 Å². The van der Waals surface area contributed by atoms with Gasteiger partial charge in [-0.05, 0) is 77.0 Å². The molecule has 0 aromatic carbocycles. The summed E-state index contributed by atoms with van der Waals surface area (Å²) in [4.78, 5) is 37.8. The Morgan fingerprint density at radius 3 is 1.12 bits per heavy atom. The van der Waals surface area contributed by atoms with Gasteiger partial charge in [0, 0.05) is 19.3 Å². The highest BCUT2D eigenvalue weighted by Crippen LogP contribution is 2.14. The molecule has 330 valence electrons. The van der Waals surface area contributed by atoms with E-state index in [2.05, 4.69) is 69.4 Å². The summed E-state index contributed by atoms with van der Waals surface area (Å²) in [7, 11) is 0. The number of carbonyl (C=O) groups is 3. The minimum atomic E-state index is -0.787. The van der Waals surface area contributed by atoms with Crippen LogP contribution < -0.4 is 0 Å². The summed E-state index contributed by atoms with van der Waals surface area (Å²) in [6.45, 7) is 6.53. The Morgan fingerprint density at radius 2 is 0.649 bits per heavy atom. The third-order valence-corrected chi connectivity index (χ3v) is 10.3. The van der Waals surface area contributed by atoms with Gasteiger partial charge in [-0.2, -0.15) is 0 Å². The highest BCUT2D eigenvalue weighted by molar-refractivity contribution is 5.71. The lowest BCUT2D eigenvalue weighted by Crippen LogP contribution is -2.30. The molecule has 0 rings (SSSR count). The summed E-state index contributed by atoms with van der Waals surface area (Å²) in [6.07, 6.45) is 53.8. The zero-order valence-electron chi connectivity index (χ0n) is 37.6. The standard InChI is InChI=1S/C51H90O6/c1-4-7-10-13-16-19-22-24-25-27-29-32-35-38-41-44-50(53)56-47-48(46-55-49(52)43-40-37-34-31-28-21-18-15-12-9-6-3)57-51(54)45-42-39-36-33-30-26-23-20-17-14-11-8-5-2/h15-16,18-19,24-25,29,32,48H,4-14,17,20-23,26-28,30-31,33-47H2,1-3H3/b18-15-,19-16-,25-24-,32-29-/t48-/m0/s1. The molecule has 0 unspecified atom stereocenters. The molecule has 0 aliphatic heterocycles. The third-order valence-electron chi connectivity index (χ3n) is 10.3. The zero-order valence-corrected chi connectivity index (χ0v) is 37.6. The molecule has 0 saturated carbocycles. The van der Waals surface area contributed by atoms with Crippen LogP contribution in [0.3, 0.4) is 0 Å². The van der Waals surface area contributed by atoms with Crippen LogP contribution in [0.5, 0.6) is 0 Å². The van der Waals surface area contributed by atoms with Crippen LogP contribution in [0.1, 0.15) is 239 Å². The van der Waals surface area contributed by atoms with Gasteiger partial charge in [-0.15, -0.1) is 0 Å². The topological polar surface area (TPSA) is 78.9 Å². The van der Waals surface area contributed by atoms with Gasteiger partial charge in [-0.1, -0.05) is 191 Å². The van der Waals surface area contributed by atoms with E-state index in [0.29, 0.717) is 19.3 Å². The number of rotatable bonds is 43. The monoisotopic (exact) mass is 799 g/mol. The van der Waals surface area contributed by atoms with Crippen LogP contribution >= 0.6 is 0 Å². The Morgan fingerprint density at radius 1 is 0.351 bits per heavy atom. The van der Waals surface area contributed by atoms with Crippen molar-refractivity contribution in [3.8, 4) is 0 Å². The lowest BCUT2D eigenvalue weighted by molar-refractivity contribution is -0.167. The quantitative estimate of drug-likeness (QED) is 0.0265. The lowest BCUT2D eigenvalue weighted by Gasteiger charge is -2.18. The van der Waals surface area contributed by atoms with Crippen LogP contribution in [0.4, 0.5) is 0 Å². The van der Waals surface area contributed by atoms with Gasteiger partial charge < -0.3 is 14.2 Å². The van der Waals surface area contributed by atoms with Gasteiger partial charge in [0.25, 0.3) is 0 Å². The van der Waals surface area contributed by atoms with Crippen LogP contribution in [-0.2, 0) is 28.6 Å². The number of hydrogen-bond acceptors (Lipinski definition) is 6. The number of unbranched alkanes of at least 4 members (excludes halogenated alkanes) is 24. The van der Waals surface area contributed by atoms with Gasteiger partial charge in [0.15, 0.2) is 6.10 Å². The van der Waals surface area contributed by atoms with E-state index in [4.69, 9.17) is 14.2 Å². The fraction of sp³-hybridized carbons (Fsp3) is 0.784. The van der Waals surface area contributed by atoms with Crippen molar-refractivity contribution in [3.05, 3.63) is 48.6 Å². The first-order valence-electron chi connectivity index (χ1n) is 24.1. The Bertz CT molecular complexity index is 1010. The van der Waals surface area contributed by atoms with Gasteiger partial charge in [-0.25, -0.2) is 0 Å². The molecule has 0 fully saturated rings. The second kappa shape index (κ2) is 46.1. The molecule has 6 heteroatoms. The smallest absolute Gasteiger partial charge is 0.306 e. The van der Waals surface area contributed by atoms with E-state index in [0.717, 1.165) is 77.0 Å². The van der Waals surface area contributed by atoms with E-state index in [1.165, 1.54) is 122 Å². The normalized spacial score (nSPS) is 12.4. The lowest BCUT2D eigenvalue weighted by atomic mass is 10.0. The van der Waals surface area contributed by atoms with Crippen LogP contribution in [0, 0.1) is 0 Å². The maximum atomic E-state index is 12.7. The fourth-order valence-electron chi connectivity index (χ4n) is 6.61. The largest absolute Gasteiger partial charge is 0.462 e. The number of hydrogen-bond donors (Lipinski definition) is 0. The van der Waals surface area contributed by atoms with Gasteiger partial charge in [0.1, 0.15) is 13.2 Å². The molecule has 0 N–H and O–H groups in total. The predicted octanol–water partition coefficient (Wildman–Crippen LogP) is 15.5. The van der Waals surface area contributed by atoms with Crippen molar-refractivity contribution in [2.45, 2.75) is 245 Å². The van der Waals surface area contributed by atoms with Gasteiger partial charge in [0.2, 0.25) is 0 Å². The SMILES string of the molecule is CCCC/C=C\CCCCCCCC(=O)OC[C@@H](COC(=O)CCCC/C=C\C/C=C\C/C=C\CCCCC)OC(=O)CCCCCCCCCCCCCCC. The van der Waals surface area contributed by atoms with Crippen molar-refractivity contribution in [3.63, 3.8) is 0 Å². The average Bonchev–Trinajstić information content (AvgIpc) is 3.21. The molecule has 0 bridgehead atoms. The van der Waals surface area contributed by atoms with Crippen molar-refractivity contribution in [1.29, 1.82) is 0 Å². The number of ether oxygens (including phenoxy) is 3.